The second-order valence-electron chi connectivity index (χ2n) is 6.63. The molecule has 1 aliphatic heterocycles. The molecule has 0 radical (unpaired) electrons. The Hall–Kier alpha value is -2.85. The van der Waals surface area contributed by atoms with E-state index in [0.717, 1.165) is 43.5 Å². The van der Waals surface area contributed by atoms with Gasteiger partial charge in [-0.15, -0.1) is 0 Å². The van der Waals surface area contributed by atoms with E-state index in [-0.39, 0.29) is 0 Å². The van der Waals surface area contributed by atoms with Crippen molar-refractivity contribution in [2.45, 2.75) is 6.92 Å². The quantitative estimate of drug-likeness (QED) is 0.560. The fourth-order valence-corrected chi connectivity index (χ4v) is 3.50. The molecule has 3 aromatic rings. The summed E-state index contributed by atoms with van der Waals surface area (Å²) in [4.78, 5) is 7.45. The van der Waals surface area contributed by atoms with Crippen molar-refractivity contribution in [1.29, 1.82) is 0 Å². The molecule has 4 heteroatoms. The van der Waals surface area contributed by atoms with Crippen LogP contribution in [0.1, 0.15) is 12.5 Å². The average Bonchev–Trinajstić information content (AvgIpc) is 2.74. The molecule has 0 atom stereocenters. The van der Waals surface area contributed by atoms with Crippen LogP contribution >= 0.6 is 0 Å². The van der Waals surface area contributed by atoms with E-state index in [4.69, 9.17) is 9.73 Å². The molecule has 138 valence electrons. The van der Waals surface area contributed by atoms with Gasteiger partial charge in [0.25, 0.3) is 0 Å². The van der Waals surface area contributed by atoms with E-state index in [2.05, 4.69) is 52.7 Å². The fourth-order valence-electron chi connectivity index (χ4n) is 3.50. The molecule has 27 heavy (non-hydrogen) atoms. The second kappa shape index (κ2) is 8.23. The molecule has 1 saturated heterocycles. The van der Waals surface area contributed by atoms with E-state index >= 15 is 0 Å². The minimum Gasteiger partial charge on any atom is -0.494 e. The summed E-state index contributed by atoms with van der Waals surface area (Å²) in [5.74, 6) is 1.92. The topological polar surface area (TPSA) is 36.9 Å². The molecule has 4 rings (SSSR count). The molecule has 0 spiro atoms. The van der Waals surface area contributed by atoms with Crippen LogP contribution in [-0.4, -0.2) is 43.5 Å². The van der Waals surface area contributed by atoms with Gasteiger partial charge < -0.3 is 15.0 Å². The van der Waals surface area contributed by atoms with Gasteiger partial charge in [-0.1, -0.05) is 42.5 Å². The van der Waals surface area contributed by atoms with Crippen LogP contribution < -0.4 is 10.1 Å². The highest BCUT2D eigenvalue weighted by Gasteiger charge is 2.18. The molecular weight excluding hydrogens is 334 g/mol. The largest absolute Gasteiger partial charge is 0.494 e. The standard InChI is InChI=1S/C23H25N3O/c1-2-27-20-12-10-19(11-13-20)25-23(26-16-14-24-15-17-26)22-9-5-7-18-6-3-4-8-21(18)22/h3-13,24H,2,14-17H2,1H3. The predicted octanol–water partition coefficient (Wildman–Crippen LogP) is 4.22. The summed E-state index contributed by atoms with van der Waals surface area (Å²) in [7, 11) is 0. The Morgan fingerprint density at radius 1 is 0.963 bits per heavy atom. The summed E-state index contributed by atoms with van der Waals surface area (Å²) >= 11 is 0. The third-order valence-corrected chi connectivity index (χ3v) is 4.83. The summed E-state index contributed by atoms with van der Waals surface area (Å²) in [6.07, 6.45) is 0. The highest BCUT2D eigenvalue weighted by atomic mass is 16.5. The number of amidine groups is 1. The van der Waals surface area contributed by atoms with Crippen LogP contribution in [0.15, 0.2) is 71.7 Å². The summed E-state index contributed by atoms with van der Waals surface area (Å²) in [5, 5.41) is 5.91. The maximum atomic E-state index is 5.56. The van der Waals surface area contributed by atoms with Crippen molar-refractivity contribution in [3.05, 3.63) is 72.3 Å². The van der Waals surface area contributed by atoms with Crippen molar-refractivity contribution < 1.29 is 4.74 Å². The lowest BCUT2D eigenvalue weighted by Gasteiger charge is -2.31. The van der Waals surface area contributed by atoms with Crippen LogP contribution in [-0.2, 0) is 0 Å². The van der Waals surface area contributed by atoms with E-state index in [1.165, 1.54) is 16.3 Å². The Kier molecular flexibility index (Phi) is 5.35. The molecule has 1 N–H and O–H groups in total. The predicted molar refractivity (Wildman–Crippen MR) is 112 cm³/mol. The lowest BCUT2D eigenvalue weighted by molar-refractivity contribution is 0.340. The van der Waals surface area contributed by atoms with Crippen LogP contribution in [0.2, 0.25) is 0 Å². The number of nitrogens with one attached hydrogen (secondary N) is 1. The molecule has 3 aromatic carbocycles. The first-order valence-corrected chi connectivity index (χ1v) is 9.60. The fraction of sp³-hybridized carbons (Fsp3) is 0.261. The maximum absolute atomic E-state index is 5.56. The third-order valence-electron chi connectivity index (χ3n) is 4.83. The van der Waals surface area contributed by atoms with E-state index in [1.807, 2.05) is 31.2 Å². The minimum atomic E-state index is 0.671. The molecule has 0 unspecified atom stereocenters. The first-order valence-electron chi connectivity index (χ1n) is 9.60. The SMILES string of the molecule is CCOc1ccc(N=C(c2cccc3ccccc23)N2CCNCC2)cc1. The van der Waals surface area contributed by atoms with Crippen LogP contribution in [0.3, 0.4) is 0 Å². The zero-order chi connectivity index (χ0) is 18.5. The number of benzene rings is 3. The van der Waals surface area contributed by atoms with Crippen molar-refractivity contribution in [2.24, 2.45) is 4.99 Å². The molecule has 0 bridgehead atoms. The monoisotopic (exact) mass is 359 g/mol. The van der Waals surface area contributed by atoms with E-state index in [1.54, 1.807) is 0 Å². The number of rotatable bonds is 4. The minimum absolute atomic E-state index is 0.671. The third kappa shape index (κ3) is 3.96. The molecule has 4 nitrogen and oxygen atoms in total. The Bertz CT molecular complexity index is 923. The summed E-state index contributed by atoms with van der Waals surface area (Å²) in [6, 6.07) is 23.0. The first-order chi connectivity index (χ1) is 13.3. The van der Waals surface area contributed by atoms with Gasteiger partial charge in [0, 0.05) is 31.7 Å². The van der Waals surface area contributed by atoms with Crippen LogP contribution in [0.4, 0.5) is 5.69 Å². The number of aliphatic imine (C=N–C) groups is 1. The van der Waals surface area contributed by atoms with Crippen molar-refractivity contribution in [2.75, 3.05) is 32.8 Å². The Balaban J connectivity index is 1.79. The Morgan fingerprint density at radius 2 is 1.70 bits per heavy atom. The summed E-state index contributed by atoms with van der Waals surface area (Å²) < 4.78 is 5.56. The van der Waals surface area contributed by atoms with E-state index in [0.29, 0.717) is 6.61 Å². The van der Waals surface area contributed by atoms with E-state index < -0.39 is 0 Å². The summed E-state index contributed by atoms with van der Waals surface area (Å²) in [5.41, 5.74) is 2.13. The van der Waals surface area contributed by atoms with Gasteiger partial charge in [-0.2, -0.15) is 0 Å². The van der Waals surface area contributed by atoms with Crippen molar-refractivity contribution in [3.63, 3.8) is 0 Å². The van der Waals surface area contributed by atoms with Crippen LogP contribution in [0.5, 0.6) is 5.75 Å². The molecule has 0 aromatic heterocycles. The van der Waals surface area contributed by atoms with Gasteiger partial charge in [-0.05, 0) is 42.0 Å². The highest BCUT2D eigenvalue weighted by Crippen LogP contribution is 2.24. The summed E-state index contributed by atoms with van der Waals surface area (Å²) in [6.45, 7) is 6.54. The number of nitrogens with zero attached hydrogens (tertiary/aromatic N) is 2. The highest BCUT2D eigenvalue weighted by molar-refractivity contribution is 6.10. The van der Waals surface area contributed by atoms with Gasteiger partial charge >= 0.3 is 0 Å². The van der Waals surface area contributed by atoms with Gasteiger partial charge in [-0.3, -0.25) is 0 Å². The first kappa shape index (κ1) is 17.6. The normalized spacial score (nSPS) is 15.1. The zero-order valence-corrected chi connectivity index (χ0v) is 15.7. The molecule has 1 fully saturated rings. The number of piperazine rings is 1. The van der Waals surface area contributed by atoms with Gasteiger partial charge in [0.1, 0.15) is 11.6 Å². The zero-order valence-electron chi connectivity index (χ0n) is 15.7. The van der Waals surface area contributed by atoms with Crippen LogP contribution in [0, 0.1) is 0 Å². The number of hydrogen-bond donors (Lipinski definition) is 1. The molecule has 0 saturated carbocycles. The molecule has 0 aliphatic carbocycles. The smallest absolute Gasteiger partial charge is 0.137 e. The second-order valence-corrected chi connectivity index (χ2v) is 6.63. The lowest BCUT2D eigenvalue weighted by atomic mass is 10.0. The van der Waals surface area contributed by atoms with Crippen molar-refractivity contribution >= 4 is 22.3 Å². The Morgan fingerprint density at radius 3 is 2.48 bits per heavy atom. The van der Waals surface area contributed by atoms with Crippen LogP contribution in [0.25, 0.3) is 10.8 Å². The molecule has 1 heterocycles. The van der Waals surface area contributed by atoms with E-state index in [9.17, 15) is 0 Å². The maximum Gasteiger partial charge on any atom is 0.137 e. The van der Waals surface area contributed by atoms with Gasteiger partial charge in [0.05, 0.1) is 12.3 Å². The van der Waals surface area contributed by atoms with Crippen molar-refractivity contribution in [1.82, 2.24) is 10.2 Å². The molecule has 0 amide bonds. The van der Waals surface area contributed by atoms with Gasteiger partial charge in [0.2, 0.25) is 0 Å². The number of hydrogen-bond acceptors (Lipinski definition) is 3. The lowest BCUT2D eigenvalue weighted by Crippen LogP contribution is -2.46. The number of ether oxygens (including phenoxy) is 1. The molecule has 1 aliphatic rings. The number of fused-ring (bicyclic) bond motifs is 1. The van der Waals surface area contributed by atoms with Gasteiger partial charge in [-0.25, -0.2) is 4.99 Å². The average molecular weight is 359 g/mol. The van der Waals surface area contributed by atoms with Gasteiger partial charge in [0.15, 0.2) is 0 Å². The molecular formula is C23H25N3O. The van der Waals surface area contributed by atoms with Crippen molar-refractivity contribution in [3.8, 4) is 5.75 Å². The Labute approximate surface area is 160 Å².